The Morgan fingerprint density at radius 2 is 1.56 bits per heavy atom. The summed E-state index contributed by atoms with van der Waals surface area (Å²) in [7, 11) is 3.61. The highest BCUT2D eigenvalue weighted by Gasteiger charge is 2.12. The molecule has 0 fully saturated rings. The van der Waals surface area contributed by atoms with Gasteiger partial charge in [-0.15, -0.1) is 0 Å². The van der Waals surface area contributed by atoms with Crippen LogP contribution in [-0.2, 0) is 16.0 Å². The molecule has 0 unspecified atom stereocenters. The van der Waals surface area contributed by atoms with Gasteiger partial charge in [0.15, 0.2) is 0 Å². The molecular formula is C18H19ClFN3O2. The Balaban J connectivity index is 1.94. The molecule has 0 spiro atoms. The second-order valence-electron chi connectivity index (χ2n) is 5.79. The van der Waals surface area contributed by atoms with E-state index >= 15 is 0 Å². The van der Waals surface area contributed by atoms with Crippen LogP contribution in [0.15, 0.2) is 42.5 Å². The quantitative estimate of drug-likeness (QED) is 0.828. The molecule has 0 aliphatic heterocycles. The predicted octanol–water partition coefficient (Wildman–Crippen LogP) is 3.16. The largest absolute Gasteiger partial charge is 0.326 e. The Morgan fingerprint density at radius 1 is 1.00 bits per heavy atom. The Morgan fingerprint density at radius 3 is 2.08 bits per heavy atom. The molecule has 0 saturated carbocycles. The average molecular weight is 364 g/mol. The van der Waals surface area contributed by atoms with Crippen LogP contribution in [-0.4, -0.2) is 37.4 Å². The summed E-state index contributed by atoms with van der Waals surface area (Å²) in [6, 6.07) is 11.0. The van der Waals surface area contributed by atoms with Gasteiger partial charge in [-0.05, 0) is 50.5 Å². The van der Waals surface area contributed by atoms with Gasteiger partial charge < -0.3 is 15.5 Å². The number of nitrogens with zero attached hydrogens (tertiary/aromatic N) is 1. The number of hydrogen-bond donors (Lipinski definition) is 2. The minimum atomic E-state index is -0.512. The molecule has 2 aromatic carbocycles. The number of rotatable bonds is 6. The first-order chi connectivity index (χ1) is 11.8. The van der Waals surface area contributed by atoms with Crippen molar-refractivity contribution in [3.05, 3.63) is 58.9 Å². The molecular weight excluding hydrogens is 345 g/mol. The highest BCUT2D eigenvalue weighted by atomic mass is 35.5. The molecule has 2 N–H and O–H groups in total. The lowest BCUT2D eigenvalue weighted by molar-refractivity contribution is -0.117. The van der Waals surface area contributed by atoms with Gasteiger partial charge in [0.25, 0.3) is 0 Å². The van der Waals surface area contributed by atoms with Gasteiger partial charge in [0.1, 0.15) is 5.82 Å². The fraction of sp³-hybridized carbons (Fsp3) is 0.222. The van der Waals surface area contributed by atoms with Crippen molar-refractivity contribution in [3.8, 4) is 0 Å². The van der Waals surface area contributed by atoms with E-state index in [4.69, 9.17) is 11.6 Å². The topological polar surface area (TPSA) is 61.4 Å². The minimum absolute atomic E-state index is 0.129. The van der Waals surface area contributed by atoms with Gasteiger partial charge in [-0.3, -0.25) is 9.59 Å². The number of halogens is 2. The molecule has 0 radical (unpaired) electrons. The smallest absolute Gasteiger partial charge is 0.238 e. The molecule has 0 aromatic heterocycles. The predicted molar refractivity (Wildman–Crippen MR) is 97.4 cm³/mol. The van der Waals surface area contributed by atoms with E-state index in [1.807, 2.05) is 0 Å². The Kier molecular flexibility index (Phi) is 6.50. The van der Waals surface area contributed by atoms with E-state index in [0.29, 0.717) is 11.4 Å². The van der Waals surface area contributed by atoms with Gasteiger partial charge in [0, 0.05) is 22.0 Å². The summed E-state index contributed by atoms with van der Waals surface area (Å²) in [5.41, 5.74) is 1.33. The van der Waals surface area contributed by atoms with Crippen LogP contribution in [0.5, 0.6) is 0 Å². The molecule has 0 heterocycles. The summed E-state index contributed by atoms with van der Waals surface area (Å²) in [6.07, 6.45) is -0.160. The van der Waals surface area contributed by atoms with Crippen molar-refractivity contribution in [1.29, 1.82) is 0 Å². The summed E-state index contributed by atoms with van der Waals surface area (Å²) in [5, 5.41) is 5.64. The van der Waals surface area contributed by atoms with Crippen molar-refractivity contribution in [3.63, 3.8) is 0 Å². The number of carbonyl (C=O) groups is 2. The average Bonchev–Trinajstić information content (AvgIpc) is 2.52. The van der Waals surface area contributed by atoms with Crippen LogP contribution < -0.4 is 10.6 Å². The first-order valence-corrected chi connectivity index (χ1v) is 8.00. The van der Waals surface area contributed by atoms with Gasteiger partial charge >= 0.3 is 0 Å². The standard InChI is InChI=1S/C18H19ClFN3O2/c1-23(2)11-18(25)22-13-8-6-12(7-9-13)21-17(24)10-14-15(19)4-3-5-16(14)20/h3-9H,10-11H2,1-2H3,(H,21,24)(H,22,25). The molecule has 25 heavy (non-hydrogen) atoms. The maximum atomic E-state index is 13.7. The number of amides is 2. The summed E-state index contributed by atoms with van der Waals surface area (Å²) in [5.74, 6) is -1.02. The first kappa shape index (κ1) is 18.9. The van der Waals surface area contributed by atoms with Crippen molar-refractivity contribution in [1.82, 2.24) is 4.90 Å². The van der Waals surface area contributed by atoms with Gasteiger partial charge in [0.2, 0.25) is 11.8 Å². The number of benzene rings is 2. The summed E-state index contributed by atoms with van der Waals surface area (Å²) in [4.78, 5) is 25.5. The van der Waals surface area contributed by atoms with Crippen LogP contribution in [0, 0.1) is 5.82 Å². The van der Waals surface area contributed by atoms with Gasteiger partial charge in [0.05, 0.1) is 13.0 Å². The Labute approximate surface area is 150 Å². The first-order valence-electron chi connectivity index (χ1n) is 7.62. The molecule has 0 aliphatic rings. The second-order valence-corrected chi connectivity index (χ2v) is 6.20. The molecule has 2 rings (SSSR count). The lowest BCUT2D eigenvalue weighted by atomic mass is 10.1. The molecule has 0 aliphatic carbocycles. The molecule has 2 aromatic rings. The molecule has 7 heteroatoms. The van der Waals surface area contributed by atoms with Gasteiger partial charge in [-0.25, -0.2) is 4.39 Å². The molecule has 132 valence electrons. The van der Waals surface area contributed by atoms with Gasteiger partial charge in [-0.2, -0.15) is 0 Å². The van der Waals surface area contributed by atoms with Crippen LogP contribution in [0.2, 0.25) is 5.02 Å². The van der Waals surface area contributed by atoms with E-state index in [0.717, 1.165) is 0 Å². The summed E-state index contributed by atoms with van der Waals surface area (Å²) in [6.45, 7) is 0.280. The molecule has 0 saturated heterocycles. The molecule has 0 bridgehead atoms. The number of anilines is 2. The minimum Gasteiger partial charge on any atom is -0.326 e. The number of carbonyl (C=O) groups excluding carboxylic acids is 2. The maximum absolute atomic E-state index is 13.7. The second kappa shape index (κ2) is 8.60. The van der Waals surface area contributed by atoms with Crippen molar-refractivity contribution in [2.24, 2.45) is 0 Å². The maximum Gasteiger partial charge on any atom is 0.238 e. The van der Waals surface area contributed by atoms with E-state index in [2.05, 4.69) is 10.6 Å². The fourth-order valence-corrected chi connectivity index (χ4v) is 2.42. The zero-order valence-electron chi connectivity index (χ0n) is 14.0. The van der Waals surface area contributed by atoms with Crippen LogP contribution in [0.3, 0.4) is 0 Å². The van der Waals surface area contributed by atoms with E-state index in [1.54, 1.807) is 49.3 Å². The molecule has 0 atom stereocenters. The van der Waals surface area contributed by atoms with Crippen molar-refractivity contribution < 1.29 is 14.0 Å². The zero-order valence-corrected chi connectivity index (χ0v) is 14.7. The van der Waals surface area contributed by atoms with E-state index in [9.17, 15) is 14.0 Å². The van der Waals surface area contributed by atoms with Crippen molar-refractivity contribution in [2.75, 3.05) is 31.3 Å². The molecule has 2 amide bonds. The third-order valence-corrected chi connectivity index (χ3v) is 3.67. The van der Waals surface area contributed by atoms with E-state index in [1.165, 1.54) is 12.1 Å². The monoisotopic (exact) mass is 363 g/mol. The number of likely N-dealkylation sites (N-methyl/N-ethyl adjacent to an activating group) is 1. The highest BCUT2D eigenvalue weighted by molar-refractivity contribution is 6.31. The Bertz CT molecular complexity index is 743. The zero-order chi connectivity index (χ0) is 18.4. The normalized spacial score (nSPS) is 10.6. The van der Waals surface area contributed by atoms with Crippen molar-refractivity contribution in [2.45, 2.75) is 6.42 Å². The van der Waals surface area contributed by atoms with Crippen LogP contribution >= 0.6 is 11.6 Å². The van der Waals surface area contributed by atoms with E-state index < -0.39 is 5.82 Å². The third-order valence-electron chi connectivity index (χ3n) is 3.31. The van der Waals surface area contributed by atoms with Crippen LogP contribution in [0.1, 0.15) is 5.56 Å². The van der Waals surface area contributed by atoms with Crippen LogP contribution in [0.4, 0.5) is 15.8 Å². The summed E-state index contributed by atoms with van der Waals surface area (Å²) >= 11 is 5.92. The van der Waals surface area contributed by atoms with Gasteiger partial charge in [-0.1, -0.05) is 17.7 Å². The van der Waals surface area contributed by atoms with Crippen molar-refractivity contribution >= 4 is 34.8 Å². The number of hydrogen-bond acceptors (Lipinski definition) is 3. The van der Waals surface area contributed by atoms with Crippen LogP contribution in [0.25, 0.3) is 0 Å². The molecule has 5 nitrogen and oxygen atoms in total. The lowest BCUT2D eigenvalue weighted by Crippen LogP contribution is -2.27. The Hall–Kier alpha value is -2.44. The third kappa shape index (κ3) is 5.85. The highest BCUT2D eigenvalue weighted by Crippen LogP contribution is 2.20. The summed E-state index contributed by atoms with van der Waals surface area (Å²) < 4.78 is 13.7. The SMILES string of the molecule is CN(C)CC(=O)Nc1ccc(NC(=O)Cc2c(F)cccc2Cl)cc1. The number of nitrogens with one attached hydrogen (secondary N) is 2. The fourth-order valence-electron chi connectivity index (χ4n) is 2.19. The lowest BCUT2D eigenvalue weighted by Gasteiger charge is -2.11. The van der Waals surface area contributed by atoms with E-state index in [-0.39, 0.29) is 35.4 Å².